The number of anilines is 1. The van der Waals surface area contributed by atoms with E-state index in [0.717, 1.165) is 31.7 Å². The molecule has 0 radical (unpaired) electrons. The molecule has 2 heterocycles. The predicted octanol–water partition coefficient (Wildman–Crippen LogP) is 2.80. The molecule has 0 saturated carbocycles. The SMILES string of the molecule is C[C@@H](NC(=O)Nc1ccnn1CC1CCOC1)c1ccccc1. The number of carbonyl (C=O) groups is 1. The summed E-state index contributed by atoms with van der Waals surface area (Å²) in [5.74, 6) is 1.16. The molecule has 6 nitrogen and oxygen atoms in total. The minimum Gasteiger partial charge on any atom is -0.381 e. The number of hydrogen-bond acceptors (Lipinski definition) is 3. The van der Waals surface area contributed by atoms with E-state index >= 15 is 0 Å². The zero-order valence-electron chi connectivity index (χ0n) is 13.2. The van der Waals surface area contributed by atoms with Gasteiger partial charge in [-0.2, -0.15) is 5.10 Å². The summed E-state index contributed by atoms with van der Waals surface area (Å²) in [5.41, 5.74) is 1.07. The third-order valence-electron chi connectivity index (χ3n) is 4.06. The van der Waals surface area contributed by atoms with Crippen molar-refractivity contribution in [1.29, 1.82) is 0 Å². The lowest BCUT2D eigenvalue weighted by molar-refractivity contribution is 0.181. The standard InChI is InChI=1S/C17H22N4O2/c1-13(15-5-3-2-4-6-15)19-17(22)20-16-7-9-18-21(16)11-14-8-10-23-12-14/h2-7,9,13-14H,8,10-12H2,1H3,(H2,19,20,22)/t13-,14?/m1/s1. The van der Waals surface area contributed by atoms with Gasteiger partial charge in [-0.3, -0.25) is 5.32 Å². The molecule has 0 aliphatic carbocycles. The zero-order valence-corrected chi connectivity index (χ0v) is 13.2. The molecule has 1 aromatic heterocycles. The van der Waals surface area contributed by atoms with Crippen LogP contribution in [-0.2, 0) is 11.3 Å². The molecule has 2 amide bonds. The van der Waals surface area contributed by atoms with Crippen molar-refractivity contribution in [2.45, 2.75) is 25.9 Å². The van der Waals surface area contributed by atoms with Gasteiger partial charge in [0.2, 0.25) is 0 Å². The van der Waals surface area contributed by atoms with Crippen LogP contribution in [0.2, 0.25) is 0 Å². The second-order valence-electron chi connectivity index (χ2n) is 5.86. The molecule has 1 fully saturated rings. The Kier molecular flexibility index (Phi) is 4.92. The van der Waals surface area contributed by atoms with Gasteiger partial charge in [-0.1, -0.05) is 30.3 Å². The molecule has 2 atom stereocenters. The molecule has 2 aromatic rings. The summed E-state index contributed by atoms with van der Waals surface area (Å²) < 4.78 is 7.21. The highest BCUT2D eigenvalue weighted by Gasteiger charge is 2.18. The number of aromatic nitrogens is 2. The number of nitrogens with one attached hydrogen (secondary N) is 2. The van der Waals surface area contributed by atoms with Gasteiger partial charge in [-0.05, 0) is 18.9 Å². The van der Waals surface area contributed by atoms with Crippen molar-refractivity contribution >= 4 is 11.8 Å². The van der Waals surface area contributed by atoms with Crippen LogP contribution in [0.4, 0.5) is 10.6 Å². The summed E-state index contributed by atoms with van der Waals surface area (Å²) in [6.45, 7) is 4.29. The Morgan fingerprint density at radius 3 is 2.96 bits per heavy atom. The zero-order chi connectivity index (χ0) is 16.1. The van der Waals surface area contributed by atoms with Crippen molar-refractivity contribution in [3.8, 4) is 0 Å². The van der Waals surface area contributed by atoms with Crippen LogP contribution in [0.1, 0.15) is 24.9 Å². The van der Waals surface area contributed by atoms with Crippen LogP contribution >= 0.6 is 0 Å². The van der Waals surface area contributed by atoms with Crippen molar-refractivity contribution in [2.24, 2.45) is 5.92 Å². The average molecular weight is 314 g/mol. The Morgan fingerprint density at radius 1 is 1.39 bits per heavy atom. The smallest absolute Gasteiger partial charge is 0.320 e. The number of rotatable bonds is 5. The van der Waals surface area contributed by atoms with Crippen molar-refractivity contribution in [3.05, 3.63) is 48.2 Å². The molecule has 6 heteroatoms. The lowest BCUT2D eigenvalue weighted by atomic mass is 10.1. The first-order valence-corrected chi connectivity index (χ1v) is 7.94. The van der Waals surface area contributed by atoms with E-state index in [0.29, 0.717) is 11.7 Å². The number of hydrogen-bond donors (Lipinski definition) is 2. The molecule has 1 saturated heterocycles. The predicted molar refractivity (Wildman–Crippen MR) is 88.2 cm³/mol. The van der Waals surface area contributed by atoms with Gasteiger partial charge in [0.1, 0.15) is 5.82 Å². The number of benzene rings is 1. The van der Waals surface area contributed by atoms with Crippen LogP contribution in [0.15, 0.2) is 42.6 Å². The highest BCUT2D eigenvalue weighted by atomic mass is 16.5. The Hall–Kier alpha value is -2.34. The third-order valence-corrected chi connectivity index (χ3v) is 4.06. The quantitative estimate of drug-likeness (QED) is 0.891. The van der Waals surface area contributed by atoms with Gasteiger partial charge in [0.15, 0.2) is 0 Å². The average Bonchev–Trinajstić information content (AvgIpc) is 3.21. The number of nitrogens with zero attached hydrogens (tertiary/aromatic N) is 2. The summed E-state index contributed by atoms with van der Waals surface area (Å²) in [7, 11) is 0. The molecule has 1 aromatic carbocycles. The number of ether oxygens (including phenoxy) is 1. The molecule has 122 valence electrons. The summed E-state index contributed by atoms with van der Waals surface area (Å²) in [5, 5.41) is 10.1. The van der Waals surface area contributed by atoms with E-state index < -0.39 is 0 Å². The summed E-state index contributed by atoms with van der Waals surface area (Å²) >= 11 is 0. The monoisotopic (exact) mass is 314 g/mol. The number of carbonyl (C=O) groups excluding carboxylic acids is 1. The Morgan fingerprint density at radius 2 is 2.22 bits per heavy atom. The van der Waals surface area contributed by atoms with E-state index in [-0.39, 0.29) is 12.1 Å². The molecular formula is C17H22N4O2. The maximum Gasteiger partial charge on any atom is 0.320 e. The Labute approximate surface area is 135 Å². The molecule has 0 spiro atoms. The minimum absolute atomic E-state index is 0.0594. The fourth-order valence-electron chi connectivity index (χ4n) is 2.73. The van der Waals surface area contributed by atoms with Crippen LogP contribution in [-0.4, -0.2) is 29.0 Å². The highest BCUT2D eigenvalue weighted by Crippen LogP contribution is 2.17. The Bertz CT molecular complexity index is 635. The van der Waals surface area contributed by atoms with Crippen LogP contribution < -0.4 is 10.6 Å². The van der Waals surface area contributed by atoms with Gasteiger partial charge in [0.25, 0.3) is 0 Å². The second-order valence-corrected chi connectivity index (χ2v) is 5.86. The Balaban J connectivity index is 1.56. The van der Waals surface area contributed by atoms with Gasteiger partial charge in [-0.15, -0.1) is 0 Å². The highest BCUT2D eigenvalue weighted by molar-refractivity contribution is 5.88. The van der Waals surface area contributed by atoms with Crippen LogP contribution in [0.3, 0.4) is 0 Å². The molecule has 3 rings (SSSR count). The van der Waals surface area contributed by atoms with Gasteiger partial charge < -0.3 is 10.1 Å². The molecule has 2 N–H and O–H groups in total. The number of urea groups is 1. The van der Waals surface area contributed by atoms with E-state index in [4.69, 9.17) is 4.74 Å². The maximum absolute atomic E-state index is 12.2. The lowest BCUT2D eigenvalue weighted by Gasteiger charge is -2.16. The van der Waals surface area contributed by atoms with Crippen molar-refractivity contribution in [2.75, 3.05) is 18.5 Å². The van der Waals surface area contributed by atoms with Crippen molar-refractivity contribution in [1.82, 2.24) is 15.1 Å². The topological polar surface area (TPSA) is 68.2 Å². The van der Waals surface area contributed by atoms with E-state index in [2.05, 4.69) is 15.7 Å². The van der Waals surface area contributed by atoms with Gasteiger partial charge in [0.05, 0.1) is 18.8 Å². The molecule has 23 heavy (non-hydrogen) atoms. The van der Waals surface area contributed by atoms with Crippen molar-refractivity contribution < 1.29 is 9.53 Å². The minimum atomic E-state index is -0.231. The summed E-state index contributed by atoms with van der Waals surface area (Å²) in [6.07, 6.45) is 2.74. The van der Waals surface area contributed by atoms with Crippen molar-refractivity contribution in [3.63, 3.8) is 0 Å². The first-order chi connectivity index (χ1) is 11.2. The number of amides is 2. The van der Waals surface area contributed by atoms with Gasteiger partial charge in [-0.25, -0.2) is 9.48 Å². The third kappa shape index (κ3) is 4.10. The van der Waals surface area contributed by atoms with E-state index in [1.807, 2.05) is 48.0 Å². The summed E-state index contributed by atoms with van der Waals surface area (Å²) in [6, 6.07) is 11.4. The molecule has 0 bridgehead atoms. The van der Waals surface area contributed by atoms with E-state index in [1.54, 1.807) is 6.20 Å². The van der Waals surface area contributed by atoms with Crippen LogP contribution in [0.25, 0.3) is 0 Å². The lowest BCUT2D eigenvalue weighted by Crippen LogP contribution is -2.32. The fraction of sp³-hybridized carbons (Fsp3) is 0.412. The van der Waals surface area contributed by atoms with E-state index in [1.165, 1.54) is 0 Å². The van der Waals surface area contributed by atoms with Crippen LogP contribution in [0.5, 0.6) is 0 Å². The second kappa shape index (κ2) is 7.28. The first kappa shape index (κ1) is 15.6. The first-order valence-electron chi connectivity index (χ1n) is 7.94. The maximum atomic E-state index is 12.2. The molecule has 1 aliphatic rings. The van der Waals surface area contributed by atoms with E-state index in [9.17, 15) is 4.79 Å². The normalized spacial score (nSPS) is 18.6. The van der Waals surface area contributed by atoms with Crippen LogP contribution in [0, 0.1) is 5.92 Å². The molecule has 1 unspecified atom stereocenters. The largest absolute Gasteiger partial charge is 0.381 e. The molecular weight excluding hydrogens is 292 g/mol. The fourth-order valence-corrected chi connectivity index (χ4v) is 2.73. The molecule has 1 aliphatic heterocycles. The van der Waals surface area contributed by atoms with Gasteiger partial charge >= 0.3 is 6.03 Å². The van der Waals surface area contributed by atoms with Gasteiger partial charge in [0, 0.05) is 25.1 Å². The summed E-state index contributed by atoms with van der Waals surface area (Å²) in [4.78, 5) is 12.2.